The van der Waals surface area contributed by atoms with Crippen LogP contribution in [0.4, 0.5) is 5.69 Å². The Morgan fingerprint density at radius 1 is 0.786 bits per heavy atom. The molecule has 2 N–H and O–H groups in total. The van der Waals surface area contributed by atoms with Gasteiger partial charge in [-0.15, -0.1) is 0 Å². The summed E-state index contributed by atoms with van der Waals surface area (Å²) in [7, 11) is 0. The Bertz CT molecular complexity index is 1110. The maximum Gasteiger partial charge on any atom is 0.253 e. The quantitative estimate of drug-likeness (QED) is 0.175. The smallest absolute Gasteiger partial charge is 0.253 e. The summed E-state index contributed by atoms with van der Waals surface area (Å²) in [6.07, 6.45) is 3.53. The topological polar surface area (TPSA) is 148 Å². The number of nitrogens with zero attached hydrogens (tertiary/aromatic N) is 1. The van der Waals surface area contributed by atoms with Gasteiger partial charge in [-0.1, -0.05) is 31.5 Å². The molecular formula is C31H43N3O8. The Morgan fingerprint density at radius 2 is 1.40 bits per heavy atom. The van der Waals surface area contributed by atoms with Crippen molar-refractivity contribution in [2.75, 3.05) is 38.3 Å². The average molecular weight is 586 g/mol. The summed E-state index contributed by atoms with van der Waals surface area (Å²) in [6.45, 7) is 8.53. The van der Waals surface area contributed by atoms with Crippen LogP contribution in [-0.4, -0.2) is 79.1 Å². The molecule has 0 aliphatic carbocycles. The van der Waals surface area contributed by atoms with Crippen LogP contribution < -0.4 is 10.6 Å². The fourth-order valence-corrected chi connectivity index (χ4v) is 4.14. The van der Waals surface area contributed by atoms with Crippen molar-refractivity contribution in [2.45, 2.75) is 65.8 Å². The van der Waals surface area contributed by atoms with Crippen LogP contribution in [0.15, 0.2) is 36.4 Å². The number of hydrogen-bond donors (Lipinski definition) is 2. The van der Waals surface area contributed by atoms with Gasteiger partial charge in [0.2, 0.25) is 11.8 Å². The third-order valence-corrected chi connectivity index (χ3v) is 6.82. The van der Waals surface area contributed by atoms with Gasteiger partial charge >= 0.3 is 0 Å². The van der Waals surface area contributed by atoms with Gasteiger partial charge in [0.05, 0.1) is 19.8 Å². The van der Waals surface area contributed by atoms with E-state index in [9.17, 15) is 28.8 Å². The van der Waals surface area contributed by atoms with E-state index >= 15 is 0 Å². The van der Waals surface area contributed by atoms with E-state index < -0.39 is 23.8 Å². The van der Waals surface area contributed by atoms with Gasteiger partial charge in [0.1, 0.15) is 17.6 Å². The highest BCUT2D eigenvalue weighted by molar-refractivity contribution is 6.13. The number of anilines is 1. The number of rotatable bonds is 20. The number of carbonyl (C=O) groups excluding carboxylic acids is 6. The molecule has 0 spiro atoms. The summed E-state index contributed by atoms with van der Waals surface area (Å²) in [6, 6.07) is 6.59. The first-order chi connectivity index (χ1) is 20.0. The van der Waals surface area contributed by atoms with E-state index in [0.717, 1.165) is 10.5 Å². The molecule has 11 nitrogen and oxygen atoms in total. The van der Waals surface area contributed by atoms with Crippen LogP contribution in [-0.2, 0) is 38.2 Å². The molecule has 1 aliphatic rings. The predicted octanol–water partition coefficient (Wildman–Crippen LogP) is 2.76. The first-order valence-corrected chi connectivity index (χ1v) is 14.4. The van der Waals surface area contributed by atoms with Crippen molar-refractivity contribution in [3.05, 3.63) is 42.0 Å². The zero-order valence-electron chi connectivity index (χ0n) is 25.0. The van der Waals surface area contributed by atoms with Crippen molar-refractivity contribution in [1.29, 1.82) is 0 Å². The second kappa shape index (κ2) is 18.0. The number of imide groups is 1. The van der Waals surface area contributed by atoms with E-state index in [1.165, 1.54) is 12.2 Å². The number of benzene rings is 1. The summed E-state index contributed by atoms with van der Waals surface area (Å²) < 4.78 is 10.9. The Balaban J connectivity index is 1.55. The third-order valence-electron chi connectivity index (χ3n) is 6.82. The molecule has 0 saturated carbocycles. The predicted molar refractivity (Wildman–Crippen MR) is 156 cm³/mol. The fourth-order valence-electron chi connectivity index (χ4n) is 4.14. The summed E-state index contributed by atoms with van der Waals surface area (Å²) in [5.41, 5.74) is 1.71. The summed E-state index contributed by atoms with van der Waals surface area (Å²) >= 11 is 0. The lowest BCUT2D eigenvalue weighted by Gasteiger charge is -2.22. The van der Waals surface area contributed by atoms with Crippen LogP contribution in [0.2, 0.25) is 0 Å². The van der Waals surface area contributed by atoms with E-state index in [1.54, 1.807) is 19.1 Å². The number of ether oxygens (including phenoxy) is 2. The number of Topliss-reactive ketones (excluding diaryl/α,β-unsaturated/α-hetero) is 2. The zero-order valence-corrected chi connectivity index (χ0v) is 25.0. The highest BCUT2D eigenvalue weighted by atomic mass is 16.5. The lowest BCUT2D eigenvalue weighted by atomic mass is 9.89. The number of hydrogen-bond acceptors (Lipinski definition) is 8. The monoisotopic (exact) mass is 585 g/mol. The fraction of sp³-hybridized carbons (Fsp3) is 0.548. The number of amides is 4. The highest BCUT2D eigenvalue weighted by Crippen LogP contribution is 2.18. The molecule has 230 valence electrons. The third kappa shape index (κ3) is 12.4. The molecule has 0 saturated heterocycles. The molecular weight excluding hydrogens is 542 g/mol. The maximum absolute atomic E-state index is 12.9. The number of carbonyl (C=O) groups is 6. The molecule has 0 fully saturated rings. The maximum atomic E-state index is 12.9. The summed E-state index contributed by atoms with van der Waals surface area (Å²) in [5, 5.41) is 5.50. The van der Waals surface area contributed by atoms with Crippen LogP contribution in [0.1, 0.15) is 58.4 Å². The van der Waals surface area contributed by atoms with Crippen molar-refractivity contribution >= 4 is 40.9 Å². The Kier molecular flexibility index (Phi) is 14.8. The van der Waals surface area contributed by atoms with E-state index in [4.69, 9.17) is 9.47 Å². The van der Waals surface area contributed by atoms with Crippen molar-refractivity contribution in [3.8, 4) is 0 Å². The molecule has 4 amide bonds. The van der Waals surface area contributed by atoms with Crippen LogP contribution in [0.3, 0.4) is 0 Å². The molecule has 0 aromatic heterocycles. The molecule has 0 radical (unpaired) electrons. The van der Waals surface area contributed by atoms with Crippen LogP contribution in [0, 0.1) is 18.8 Å². The Morgan fingerprint density at radius 3 is 2.02 bits per heavy atom. The van der Waals surface area contributed by atoms with Gasteiger partial charge in [0.25, 0.3) is 11.8 Å². The van der Waals surface area contributed by atoms with E-state index in [2.05, 4.69) is 10.6 Å². The lowest BCUT2D eigenvalue weighted by molar-refractivity contribution is -0.137. The highest BCUT2D eigenvalue weighted by Gasteiger charge is 2.27. The minimum absolute atomic E-state index is 0.0470. The van der Waals surface area contributed by atoms with E-state index in [-0.39, 0.29) is 68.3 Å². The molecule has 2 rings (SSSR count). The first-order valence-electron chi connectivity index (χ1n) is 14.4. The largest absolute Gasteiger partial charge is 0.379 e. The lowest BCUT2D eigenvalue weighted by Crippen LogP contribution is -2.45. The van der Waals surface area contributed by atoms with Crippen LogP contribution in [0.25, 0.3) is 0 Å². The molecule has 2 atom stereocenters. The minimum Gasteiger partial charge on any atom is -0.379 e. The van der Waals surface area contributed by atoms with Crippen molar-refractivity contribution in [2.24, 2.45) is 11.8 Å². The van der Waals surface area contributed by atoms with Crippen LogP contribution in [0.5, 0.6) is 0 Å². The number of ketones is 2. The summed E-state index contributed by atoms with van der Waals surface area (Å²) in [4.78, 5) is 73.8. The number of nitrogens with one attached hydrogen (secondary N) is 2. The van der Waals surface area contributed by atoms with Gasteiger partial charge in [0.15, 0.2) is 0 Å². The Hall–Kier alpha value is -3.70. The summed E-state index contributed by atoms with van der Waals surface area (Å²) in [5.74, 6) is -2.28. The molecule has 11 heteroatoms. The van der Waals surface area contributed by atoms with Gasteiger partial charge in [-0.3, -0.25) is 33.7 Å². The number of aryl methyl sites for hydroxylation is 1. The molecule has 42 heavy (non-hydrogen) atoms. The molecule has 0 unspecified atom stereocenters. The van der Waals surface area contributed by atoms with Crippen molar-refractivity contribution in [3.63, 3.8) is 0 Å². The second-order valence-electron chi connectivity index (χ2n) is 10.7. The van der Waals surface area contributed by atoms with E-state index in [1.807, 2.05) is 32.9 Å². The van der Waals surface area contributed by atoms with Crippen molar-refractivity contribution in [1.82, 2.24) is 10.2 Å². The van der Waals surface area contributed by atoms with Gasteiger partial charge < -0.3 is 20.1 Å². The normalized spacial score (nSPS) is 14.3. The zero-order chi connectivity index (χ0) is 31.1. The van der Waals surface area contributed by atoms with Gasteiger partial charge in [-0.25, -0.2) is 0 Å². The second-order valence-corrected chi connectivity index (χ2v) is 10.7. The molecule has 1 aliphatic heterocycles. The minimum atomic E-state index is -0.763. The molecule has 1 aromatic carbocycles. The van der Waals surface area contributed by atoms with Gasteiger partial charge in [-0.2, -0.15) is 0 Å². The van der Waals surface area contributed by atoms with Crippen molar-refractivity contribution < 1.29 is 38.2 Å². The van der Waals surface area contributed by atoms with Gasteiger partial charge in [-0.05, 0) is 38.3 Å². The molecule has 0 bridgehead atoms. The SMILES string of the molecule is Cc1ccc(NC(=O)[C@@H](C)NC(=O)[C@H](CC(=O)CCOCCOCCCC(=O)CCN2C(=O)C=CC2=O)C(C)C)cc1. The molecule has 1 aromatic rings. The van der Waals surface area contributed by atoms with E-state index in [0.29, 0.717) is 31.7 Å². The standard InChI is InChI=1S/C31H43N3O8/c1-21(2)27(31(40)32-23(4)30(39)33-24-9-7-22(3)8-10-24)20-26(36)14-17-42-19-18-41-16-5-6-25(35)13-15-34-28(37)11-12-29(34)38/h7-12,21,23,27H,5-6,13-20H2,1-4H3,(H,32,40)(H,33,39)/t23-,27-/m1/s1. The average Bonchev–Trinajstić information content (AvgIpc) is 3.26. The molecule has 1 heterocycles. The Labute approximate surface area is 247 Å². The van der Waals surface area contributed by atoms with Gasteiger partial charge in [0, 0.05) is 62.6 Å². The van der Waals surface area contributed by atoms with Crippen LogP contribution >= 0.6 is 0 Å². The first kappa shape index (κ1) is 34.5.